The average Bonchev–Trinajstić information content (AvgIpc) is 2.48. The summed E-state index contributed by atoms with van der Waals surface area (Å²) in [5.41, 5.74) is 0.497. The second-order valence-corrected chi connectivity index (χ2v) is 15.5. The predicted octanol–water partition coefficient (Wildman–Crippen LogP) is 6.98. The molecule has 25 heavy (non-hydrogen) atoms. The summed E-state index contributed by atoms with van der Waals surface area (Å²) in [5.74, 6) is 0.721. The van der Waals surface area contributed by atoms with Gasteiger partial charge >= 0.3 is 5.97 Å². The van der Waals surface area contributed by atoms with Crippen molar-refractivity contribution in [3.63, 3.8) is 0 Å². The van der Waals surface area contributed by atoms with Crippen molar-refractivity contribution in [1.29, 1.82) is 0 Å². The van der Waals surface area contributed by atoms with Crippen LogP contribution in [0.3, 0.4) is 0 Å². The number of rotatable bonds is 8. The van der Waals surface area contributed by atoms with Gasteiger partial charge in [0.25, 0.3) is 0 Å². The van der Waals surface area contributed by atoms with Gasteiger partial charge in [-0.1, -0.05) is 86.1 Å². The van der Waals surface area contributed by atoms with E-state index in [-0.39, 0.29) is 12.1 Å². The molecule has 2 nitrogen and oxygen atoms in total. The Morgan fingerprint density at radius 2 is 1.84 bits per heavy atom. The fraction of sp³-hybridized carbons (Fsp3) is 0.864. The first-order chi connectivity index (χ1) is 11.5. The summed E-state index contributed by atoms with van der Waals surface area (Å²) >= 11 is 0. The molecular formula is C22H42O2Si. The van der Waals surface area contributed by atoms with Crippen LogP contribution in [0.5, 0.6) is 0 Å². The zero-order valence-electron chi connectivity index (χ0n) is 18.0. The molecule has 0 saturated carbocycles. The number of allylic oxidation sites excluding steroid dienone is 2. The van der Waals surface area contributed by atoms with Gasteiger partial charge in [0.2, 0.25) is 0 Å². The number of cyclic esters (lactones) is 1. The highest BCUT2D eigenvalue weighted by Crippen LogP contribution is 2.52. The Kier molecular flexibility index (Phi) is 8.44. The molecule has 0 aromatic heterocycles. The predicted molar refractivity (Wildman–Crippen MR) is 112 cm³/mol. The van der Waals surface area contributed by atoms with Gasteiger partial charge in [-0.3, -0.25) is 4.79 Å². The van der Waals surface area contributed by atoms with Crippen molar-refractivity contribution in [2.75, 3.05) is 0 Å². The van der Waals surface area contributed by atoms with Crippen molar-refractivity contribution >= 4 is 14.0 Å². The molecule has 0 aromatic carbocycles. The van der Waals surface area contributed by atoms with Crippen LogP contribution in [-0.2, 0) is 9.53 Å². The largest absolute Gasteiger partial charge is 0.462 e. The number of carbonyl (C=O) groups excluding carboxylic acids is 1. The Morgan fingerprint density at radius 3 is 2.36 bits per heavy atom. The van der Waals surface area contributed by atoms with Crippen molar-refractivity contribution in [3.8, 4) is 0 Å². The zero-order chi connectivity index (χ0) is 19.3. The molecule has 0 spiro atoms. The van der Waals surface area contributed by atoms with Crippen LogP contribution >= 0.6 is 0 Å². The fourth-order valence-electron chi connectivity index (χ4n) is 3.98. The van der Waals surface area contributed by atoms with Crippen LogP contribution in [0.15, 0.2) is 12.2 Å². The molecule has 0 bridgehead atoms. The van der Waals surface area contributed by atoms with Crippen LogP contribution in [0, 0.1) is 11.8 Å². The lowest BCUT2D eigenvalue weighted by molar-refractivity contribution is -0.158. The van der Waals surface area contributed by atoms with E-state index in [1.165, 1.54) is 25.7 Å². The van der Waals surface area contributed by atoms with E-state index < -0.39 is 8.07 Å². The molecule has 1 aliphatic rings. The molecule has 0 aromatic rings. The lowest BCUT2D eigenvalue weighted by Gasteiger charge is -2.51. The first kappa shape index (κ1) is 22.5. The van der Waals surface area contributed by atoms with Crippen LogP contribution in [0.1, 0.15) is 80.1 Å². The van der Waals surface area contributed by atoms with Crippen molar-refractivity contribution in [2.24, 2.45) is 11.8 Å². The van der Waals surface area contributed by atoms with Gasteiger partial charge in [-0.25, -0.2) is 0 Å². The maximum atomic E-state index is 12.2. The first-order valence-corrected chi connectivity index (χ1v) is 13.5. The Bertz CT molecular complexity index is 445. The standard InChI is InChI=1S/C22H42O2Si/c1-9-10-11-12-13-14-15-18-16-19(23)24-20(17(2)3)21(18)25(7,8)22(4,5)6/h14-15,17-18,20-21H,9-13,16H2,1-8H3/b15-14+/t18-,20-,21+/m1/s1. The van der Waals surface area contributed by atoms with Gasteiger partial charge in [-0.2, -0.15) is 0 Å². The van der Waals surface area contributed by atoms with Gasteiger partial charge in [0, 0.05) is 0 Å². The maximum Gasteiger partial charge on any atom is 0.306 e. The lowest BCUT2D eigenvalue weighted by atomic mass is 9.88. The lowest BCUT2D eigenvalue weighted by Crippen LogP contribution is -2.54. The molecule has 0 aliphatic carbocycles. The zero-order valence-corrected chi connectivity index (χ0v) is 19.0. The van der Waals surface area contributed by atoms with E-state index in [4.69, 9.17) is 4.74 Å². The molecular weight excluding hydrogens is 324 g/mol. The van der Waals surface area contributed by atoms with E-state index in [0.29, 0.717) is 28.8 Å². The minimum atomic E-state index is -1.63. The van der Waals surface area contributed by atoms with E-state index in [1.54, 1.807) is 0 Å². The SMILES string of the molecule is CCCCCC/C=C/[C@@H]1CC(=O)O[C@H](C(C)C)[C@H]1[Si](C)(C)C(C)(C)C. The average molecular weight is 367 g/mol. The van der Waals surface area contributed by atoms with Gasteiger partial charge in [-0.05, 0) is 35.3 Å². The highest BCUT2D eigenvalue weighted by molar-refractivity contribution is 6.81. The Balaban J connectivity index is 2.99. The fourth-order valence-corrected chi connectivity index (χ4v) is 7.55. The Labute approximate surface area is 157 Å². The van der Waals surface area contributed by atoms with Crippen LogP contribution in [-0.4, -0.2) is 20.1 Å². The van der Waals surface area contributed by atoms with Gasteiger partial charge in [0.1, 0.15) is 6.10 Å². The monoisotopic (exact) mass is 366 g/mol. The quantitative estimate of drug-likeness (QED) is 0.200. The Hall–Kier alpha value is -0.573. The minimum Gasteiger partial charge on any atom is -0.462 e. The number of unbranched alkanes of at least 4 members (excludes halogenated alkanes) is 4. The molecule has 3 atom stereocenters. The first-order valence-electron chi connectivity index (χ1n) is 10.4. The molecule has 0 unspecified atom stereocenters. The van der Waals surface area contributed by atoms with Crippen LogP contribution in [0.25, 0.3) is 0 Å². The number of carbonyl (C=O) groups is 1. The Morgan fingerprint density at radius 1 is 1.20 bits per heavy atom. The summed E-state index contributed by atoms with van der Waals surface area (Å²) in [7, 11) is -1.63. The molecule has 0 N–H and O–H groups in total. The molecule has 1 aliphatic heterocycles. The highest BCUT2D eigenvalue weighted by Gasteiger charge is 2.52. The van der Waals surface area contributed by atoms with Crippen LogP contribution in [0.4, 0.5) is 0 Å². The van der Waals surface area contributed by atoms with E-state index in [9.17, 15) is 4.79 Å². The molecule has 1 rings (SSSR count). The van der Waals surface area contributed by atoms with Crippen molar-refractivity contribution < 1.29 is 9.53 Å². The summed E-state index contributed by atoms with van der Waals surface area (Å²) in [6, 6.07) is 0. The highest BCUT2D eigenvalue weighted by atomic mass is 28.3. The third kappa shape index (κ3) is 5.98. The minimum absolute atomic E-state index is 0.00529. The van der Waals surface area contributed by atoms with Gasteiger partial charge < -0.3 is 4.74 Å². The summed E-state index contributed by atoms with van der Waals surface area (Å²) in [6.07, 6.45) is 11.7. The van der Waals surface area contributed by atoms with Gasteiger partial charge in [-0.15, -0.1) is 0 Å². The van der Waals surface area contributed by atoms with Crippen molar-refractivity contribution in [3.05, 3.63) is 12.2 Å². The van der Waals surface area contributed by atoms with E-state index in [2.05, 4.69) is 66.8 Å². The third-order valence-electron chi connectivity index (χ3n) is 6.52. The summed E-state index contributed by atoms with van der Waals surface area (Å²) in [5, 5.41) is 0.293. The van der Waals surface area contributed by atoms with Crippen LogP contribution < -0.4 is 0 Å². The smallest absolute Gasteiger partial charge is 0.306 e. The molecule has 0 amide bonds. The molecule has 146 valence electrons. The van der Waals surface area contributed by atoms with Crippen molar-refractivity contribution in [1.82, 2.24) is 0 Å². The molecule has 1 heterocycles. The molecule has 3 heteroatoms. The van der Waals surface area contributed by atoms with E-state index >= 15 is 0 Å². The number of esters is 1. The summed E-state index contributed by atoms with van der Waals surface area (Å²) in [6.45, 7) is 18.8. The van der Waals surface area contributed by atoms with E-state index in [0.717, 1.165) is 6.42 Å². The third-order valence-corrected chi connectivity index (χ3v) is 12.8. The van der Waals surface area contributed by atoms with Crippen molar-refractivity contribution in [2.45, 2.75) is 110 Å². The number of ether oxygens (including phenoxy) is 1. The van der Waals surface area contributed by atoms with Gasteiger partial charge in [0.15, 0.2) is 0 Å². The van der Waals surface area contributed by atoms with E-state index in [1.807, 2.05) is 0 Å². The summed E-state index contributed by atoms with van der Waals surface area (Å²) in [4.78, 5) is 12.2. The van der Waals surface area contributed by atoms with Crippen LogP contribution in [0.2, 0.25) is 23.7 Å². The molecule has 0 radical (unpaired) electrons. The molecule has 1 fully saturated rings. The maximum absolute atomic E-state index is 12.2. The molecule has 1 saturated heterocycles. The number of hydrogen-bond acceptors (Lipinski definition) is 2. The summed E-state index contributed by atoms with van der Waals surface area (Å²) < 4.78 is 5.89. The topological polar surface area (TPSA) is 26.3 Å². The van der Waals surface area contributed by atoms with Gasteiger partial charge in [0.05, 0.1) is 14.5 Å². The second-order valence-electron chi connectivity index (χ2n) is 9.84. The normalized spacial score (nSPS) is 25.6. The second kappa shape index (κ2) is 9.39. The number of hydrogen-bond donors (Lipinski definition) is 0.